The van der Waals surface area contributed by atoms with Gasteiger partial charge >= 0.3 is 5.97 Å². The smallest absolute Gasteiger partial charge is 0.323 e. The highest BCUT2D eigenvalue weighted by atomic mass is 16.5. The molecule has 0 bridgehead atoms. The van der Waals surface area contributed by atoms with Crippen LogP contribution in [-0.2, 0) is 22.6 Å². The van der Waals surface area contributed by atoms with Crippen molar-refractivity contribution in [1.82, 2.24) is 0 Å². The third kappa shape index (κ3) is 4.61. The zero-order valence-electron chi connectivity index (χ0n) is 12.0. The van der Waals surface area contributed by atoms with Crippen LogP contribution in [0.3, 0.4) is 0 Å². The molecule has 4 nitrogen and oxygen atoms in total. The quantitative estimate of drug-likeness (QED) is 0.827. The van der Waals surface area contributed by atoms with Crippen LogP contribution in [0.5, 0.6) is 5.75 Å². The zero-order valence-corrected chi connectivity index (χ0v) is 12.0. The number of rotatable bonds is 6. The van der Waals surface area contributed by atoms with Gasteiger partial charge in [-0.05, 0) is 29.7 Å². The molecule has 1 atom stereocenters. The van der Waals surface area contributed by atoms with Crippen molar-refractivity contribution in [1.29, 1.82) is 0 Å². The van der Waals surface area contributed by atoms with Crippen LogP contribution in [0.15, 0.2) is 54.6 Å². The van der Waals surface area contributed by atoms with E-state index in [1.54, 1.807) is 7.11 Å². The van der Waals surface area contributed by atoms with Crippen LogP contribution in [0.1, 0.15) is 11.1 Å². The Kier molecular flexibility index (Phi) is 5.35. The summed E-state index contributed by atoms with van der Waals surface area (Å²) in [5, 5.41) is 0. The van der Waals surface area contributed by atoms with Gasteiger partial charge in [0, 0.05) is 0 Å². The number of nitrogens with two attached hydrogens (primary N) is 1. The van der Waals surface area contributed by atoms with Gasteiger partial charge in [0.2, 0.25) is 0 Å². The van der Waals surface area contributed by atoms with Gasteiger partial charge in [-0.1, -0.05) is 42.5 Å². The molecule has 0 spiro atoms. The zero-order chi connectivity index (χ0) is 15.1. The first-order chi connectivity index (χ1) is 10.2. The van der Waals surface area contributed by atoms with E-state index in [-0.39, 0.29) is 6.61 Å². The highest BCUT2D eigenvalue weighted by Crippen LogP contribution is 2.12. The fraction of sp³-hybridized carbons (Fsp3) is 0.235. The van der Waals surface area contributed by atoms with Crippen molar-refractivity contribution < 1.29 is 14.3 Å². The third-order valence-electron chi connectivity index (χ3n) is 3.14. The number of hydrogen-bond acceptors (Lipinski definition) is 4. The van der Waals surface area contributed by atoms with Gasteiger partial charge in [0.25, 0.3) is 0 Å². The summed E-state index contributed by atoms with van der Waals surface area (Å²) in [6.45, 7) is 0.214. The lowest BCUT2D eigenvalue weighted by molar-refractivity contribution is -0.146. The highest BCUT2D eigenvalue weighted by molar-refractivity contribution is 5.75. The summed E-state index contributed by atoms with van der Waals surface area (Å²) in [4.78, 5) is 11.9. The fourth-order valence-corrected chi connectivity index (χ4v) is 1.93. The van der Waals surface area contributed by atoms with Crippen LogP contribution in [-0.4, -0.2) is 19.1 Å². The molecule has 0 aliphatic heterocycles. The minimum Gasteiger partial charge on any atom is -0.497 e. The van der Waals surface area contributed by atoms with Gasteiger partial charge in [-0.15, -0.1) is 0 Å². The minimum absolute atomic E-state index is 0.214. The van der Waals surface area contributed by atoms with Gasteiger partial charge in [0.1, 0.15) is 18.4 Å². The molecule has 2 N–H and O–H groups in total. The molecule has 0 saturated carbocycles. The van der Waals surface area contributed by atoms with E-state index in [1.807, 2.05) is 54.6 Å². The number of benzene rings is 2. The normalized spacial score (nSPS) is 11.7. The Hall–Kier alpha value is -2.33. The number of hydrogen-bond donors (Lipinski definition) is 1. The van der Waals surface area contributed by atoms with Crippen molar-refractivity contribution in [2.45, 2.75) is 19.1 Å². The van der Waals surface area contributed by atoms with Crippen LogP contribution in [0.2, 0.25) is 0 Å². The second-order valence-electron chi connectivity index (χ2n) is 4.75. The summed E-state index contributed by atoms with van der Waals surface area (Å²) < 4.78 is 10.3. The average molecular weight is 285 g/mol. The Balaban J connectivity index is 1.83. The molecule has 0 aliphatic carbocycles. The van der Waals surface area contributed by atoms with E-state index in [0.29, 0.717) is 6.42 Å². The van der Waals surface area contributed by atoms with Gasteiger partial charge in [0.05, 0.1) is 7.11 Å². The maximum Gasteiger partial charge on any atom is 0.323 e. The van der Waals surface area contributed by atoms with Crippen LogP contribution in [0.4, 0.5) is 0 Å². The van der Waals surface area contributed by atoms with Crippen LogP contribution < -0.4 is 10.5 Å². The Morgan fingerprint density at radius 1 is 1.05 bits per heavy atom. The molecular formula is C17H19NO3. The number of esters is 1. The lowest BCUT2D eigenvalue weighted by atomic mass is 10.1. The molecule has 4 heteroatoms. The summed E-state index contributed by atoms with van der Waals surface area (Å²) in [7, 11) is 1.61. The Labute approximate surface area is 124 Å². The first-order valence-corrected chi connectivity index (χ1v) is 6.78. The summed E-state index contributed by atoms with van der Waals surface area (Å²) in [5.74, 6) is 0.375. The van der Waals surface area contributed by atoms with Gasteiger partial charge in [-0.25, -0.2) is 0 Å². The molecular weight excluding hydrogens is 266 g/mol. The largest absolute Gasteiger partial charge is 0.497 e. The molecule has 0 aromatic heterocycles. The van der Waals surface area contributed by atoms with E-state index in [1.165, 1.54) is 0 Å². The van der Waals surface area contributed by atoms with E-state index < -0.39 is 12.0 Å². The Morgan fingerprint density at radius 2 is 1.71 bits per heavy atom. The molecule has 2 rings (SSSR count). The van der Waals surface area contributed by atoms with Crippen molar-refractivity contribution in [3.8, 4) is 5.75 Å². The molecule has 0 saturated heterocycles. The van der Waals surface area contributed by atoms with E-state index in [9.17, 15) is 4.79 Å². The maximum atomic E-state index is 11.9. The fourth-order valence-electron chi connectivity index (χ4n) is 1.93. The van der Waals surface area contributed by atoms with Gasteiger partial charge < -0.3 is 15.2 Å². The summed E-state index contributed by atoms with van der Waals surface area (Å²) in [5.41, 5.74) is 7.78. The van der Waals surface area contributed by atoms with Crippen molar-refractivity contribution >= 4 is 5.97 Å². The number of methoxy groups -OCH3 is 1. The van der Waals surface area contributed by atoms with Crippen molar-refractivity contribution in [3.63, 3.8) is 0 Å². The van der Waals surface area contributed by atoms with E-state index in [0.717, 1.165) is 16.9 Å². The molecule has 21 heavy (non-hydrogen) atoms. The average Bonchev–Trinajstić information content (AvgIpc) is 2.54. The maximum absolute atomic E-state index is 11.9. The first-order valence-electron chi connectivity index (χ1n) is 6.78. The van der Waals surface area contributed by atoms with Gasteiger partial charge in [-0.2, -0.15) is 0 Å². The van der Waals surface area contributed by atoms with Crippen molar-refractivity contribution in [2.75, 3.05) is 7.11 Å². The van der Waals surface area contributed by atoms with Crippen LogP contribution in [0, 0.1) is 0 Å². The lowest BCUT2D eigenvalue weighted by Crippen LogP contribution is -2.34. The molecule has 2 aromatic carbocycles. The second-order valence-corrected chi connectivity index (χ2v) is 4.75. The van der Waals surface area contributed by atoms with Crippen molar-refractivity contribution in [3.05, 3.63) is 65.7 Å². The van der Waals surface area contributed by atoms with Gasteiger partial charge in [-0.3, -0.25) is 4.79 Å². The Bertz CT molecular complexity index is 566. The monoisotopic (exact) mass is 285 g/mol. The minimum atomic E-state index is -0.648. The summed E-state index contributed by atoms with van der Waals surface area (Å²) >= 11 is 0. The number of carbonyl (C=O) groups excluding carboxylic acids is 1. The topological polar surface area (TPSA) is 61.5 Å². The molecule has 0 unspecified atom stereocenters. The van der Waals surface area contributed by atoms with Crippen LogP contribution in [0.25, 0.3) is 0 Å². The van der Waals surface area contributed by atoms with Crippen LogP contribution >= 0.6 is 0 Å². The molecule has 0 heterocycles. The molecule has 0 amide bonds. The number of ether oxygens (including phenoxy) is 2. The first kappa shape index (κ1) is 15.1. The summed E-state index contributed by atoms with van der Waals surface area (Å²) in [6, 6.07) is 16.4. The van der Waals surface area contributed by atoms with E-state index in [2.05, 4.69) is 0 Å². The second kappa shape index (κ2) is 7.45. The standard InChI is InChI=1S/C17H19NO3/c1-20-15-9-7-14(8-10-15)12-21-17(19)16(18)11-13-5-3-2-4-6-13/h2-10,16H,11-12,18H2,1H3/t16-/m0/s1. The predicted octanol–water partition coefficient (Wildman–Crippen LogP) is 2.31. The SMILES string of the molecule is COc1ccc(COC(=O)[C@@H](N)Cc2ccccc2)cc1. The molecule has 0 radical (unpaired) electrons. The Morgan fingerprint density at radius 3 is 2.33 bits per heavy atom. The molecule has 2 aromatic rings. The number of carbonyl (C=O) groups is 1. The molecule has 110 valence electrons. The van der Waals surface area contributed by atoms with E-state index >= 15 is 0 Å². The highest BCUT2D eigenvalue weighted by Gasteiger charge is 2.15. The van der Waals surface area contributed by atoms with Gasteiger partial charge in [0.15, 0.2) is 0 Å². The molecule has 0 aliphatic rings. The van der Waals surface area contributed by atoms with Crippen molar-refractivity contribution in [2.24, 2.45) is 5.73 Å². The lowest BCUT2D eigenvalue weighted by Gasteiger charge is -2.12. The summed E-state index contributed by atoms with van der Waals surface area (Å²) in [6.07, 6.45) is 0.474. The third-order valence-corrected chi connectivity index (χ3v) is 3.14. The molecule has 0 fully saturated rings. The van der Waals surface area contributed by atoms with E-state index in [4.69, 9.17) is 15.2 Å². The predicted molar refractivity (Wildman–Crippen MR) is 80.9 cm³/mol.